The molecule has 68 valence electrons. The number of nitrogens with two attached hydrogens (primary N) is 1. The van der Waals surface area contributed by atoms with Gasteiger partial charge in [0.15, 0.2) is 12.4 Å². The second-order valence-corrected chi connectivity index (χ2v) is 2.71. The van der Waals surface area contributed by atoms with Gasteiger partial charge in [0.25, 0.3) is 5.91 Å². The number of nitrogen functional groups attached to an aromatic ring is 1. The fourth-order valence-electron chi connectivity index (χ4n) is 1.18. The van der Waals surface area contributed by atoms with Gasteiger partial charge in [-0.2, -0.15) is 0 Å². The summed E-state index contributed by atoms with van der Waals surface area (Å²) in [6.07, 6.45) is 0. The number of fused-ring (bicyclic) bond motifs is 1. The summed E-state index contributed by atoms with van der Waals surface area (Å²) in [5, 5.41) is 11.8. The molecule has 0 radical (unpaired) electrons. The number of carbonyl (C=O) groups is 1. The first-order chi connectivity index (χ1) is 6.18. The second-order valence-electron chi connectivity index (χ2n) is 2.71. The third-order valence-corrected chi connectivity index (χ3v) is 1.78. The van der Waals surface area contributed by atoms with E-state index >= 15 is 0 Å². The van der Waals surface area contributed by atoms with Crippen molar-refractivity contribution in [3.63, 3.8) is 0 Å². The normalized spacial score (nSPS) is 14.3. The highest BCUT2D eigenvalue weighted by Gasteiger charge is 2.21. The number of amides is 1. The van der Waals surface area contributed by atoms with Crippen LogP contribution < -0.4 is 15.8 Å². The molecular formula is C8H8N2O3. The predicted molar refractivity (Wildman–Crippen MR) is 46.6 cm³/mol. The highest BCUT2D eigenvalue weighted by molar-refractivity contribution is 5.98. The van der Waals surface area contributed by atoms with Gasteiger partial charge in [-0.3, -0.25) is 4.79 Å². The van der Waals surface area contributed by atoms with E-state index in [0.29, 0.717) is 11.4 Å². The Balaban J connectivity index is 2.57. The van der Waals surface area contributed by atoms with E-state index in [9.17, 15) is 9.90 Å². The number of aromatic hydroxyl groups is 1. The Labute approximate surface area is 74.1 Å². The number of anilines is 2. The SMILES string of the molecule is Nc1ccc(O)c2c1OCC(=O)N2. The van der Waals surface area contributed by atoms with Crippen molar-refractivity contribution in [3.05, 3.63) is 12.1 Å². The molecule has 0 aromatic heterocycles. The van der Waals surface area contributed by atoms with Crippen molar-refractivity contribution in [1.82, 2.24) is 0 Å². The van der Waals surface area contributed by atoms with Crippen LogP contribution in [0.25, 0.3) is 0 Å². The average molecular weight is 180 g/mol. The third kappa shape index (κ3) is 1.14. The number of nitrogens with one attached hydrogen (secondary N) is 1. The van der Waals surface area contributed by atoms with E-state index in [2.05, 4.69) is 5.32 Å². The minimum Gasteiger partial charge on any atom is -0.506 e. The number of rotatable bonds is 0. The predicted octanol–water partition coefficient (Wildman–Crippen LogP) is 0.305. The Morgan fingerprint density at radius 1 is 1.54 bits per heavy atom. The zero-order chi connectivity index (χ0) is 9.42. The number of phenolic OH excluding ortho intramolecular Hbond substituents is 1. The summed E-state index contributed by atoms with van der Waals surface area (Å²) in [5.41, 5.74) is 6.21. The maximum atomic E-state index is 10.9. The number of ether oxygens (including phenoxy) is 1. The molecule has 13 heavy (non-hydrogen) atoms. The van der Waals surface area contributed by atoms with Crippen LogP contribution in [0.2, 0.25) is 0 Å². The smallest absolute Gasteiger partial charge is 0.262 e. The second kappa shape index (κ2) is 2.55. The van der Waals surface area contributed by atoms with E-state index < -0.39 is 0 Å². The molecule has 2 rings (SSSR count). The quantitative estimate of drug-likeness (QED) is 0.304. The molecule has 0 spiro atoms. The van der Waals surface area contributed by atoms with Gasteiger partial charge in [-0.05, 0) is 12.1 Å². The largest absolute Gasteiger partial charge is 0.506 e. The first kappa shape index (κ1) is 7.72. The first-order valence-electron chi connectivity index (χ1n) is 3.72. The third-order valence-electron chi connectivity index (χ3n) is 1.78. The van der Waals surface area contributed by atoms with Crippen LogP contribution in [0.1, 0.15) is 0 Å². The minimum absolute atomic E-state index is 0.0442. The summed E-state index contributed by atoms with van der Waals surface area (Å²) in [7, 11) is 0. The van der Waals surface area contributed by atoms with Gasteiger partial charge in [-0.25, -0.2) is 0 Å². The lowest BCUT2D eigenvalue weighted by Crippen LogP contribution is -2.25. The van der Waals surface area contributed by atoms with Crippen LogP contribution in [-0.4, -0.2) is 17.6 Å². The Bertz CT molecular complexity index is 376. The lowest BCUT2D eigenvalue weighted by atomic mass is 10.2. The van der Waals surface area contributed by atoms with Gasteiger partial charge in [0, 0.05) is 0 Å². The highest BCUT2D eigenvalue weighted by atomic mass is 16.5. The molecule has 0 atom stereocenters. The molecule has 5 heteroatoms. The monoisotopic (exact) mass is 180 g/mol. The van der Waals surface area contributed by atoms with E-state index in [1.54, 1.807) is 0 Å². The van der Waals surface area contributed by atoms with Gasteiger partial charge in [-0.15, -0.1) is 0 Å². The summed E-state index contributed by atoms with van der Waals surface area (Å²) in [5.74, 6) is -0.00903. The molecule has 0 saturated heterocycles. The molecular weight excluding hydrogens is 172 g/mol. The van der Waals surface area contributed by atoms with Gasteiger partial charge in [-0.1, -0.05) is 0 Å². The van der Waals surface area contributed by atoms with Crippen LogP contribution in [0.15, 0.2) is 12.1 Å². The molecule has 4 N–H and O–H groups in total. The van der Waals surface area contributed by atoms with E-state index in [0.717, 1.165) is 0 Å². The standard InChI is InChI=1S/C8H8N2O3/c9-4-1-2-5(11)7-8(4)13-3-6(12)10-7/h1-2,11H,3,9H2,(H,10,12). The van der Waals surface area contributed by atoms with E-state index in [1.165, 1.54) is 12.1 Å². The minimum atomic E-state index is -0.298. The van der Waals surface area contributed by atoms with Crippen molar-refractivity contribution < 1.29 is 14.6 Å². The average Bonchev–Trinajstić information content (AvgIpc) is 2.12. The maximum absolute atomic E-state index is 10.9. The van der Waals surface area contributed by atoms with Gasteiger partial charge in [0.1, 0.15) is 11.4 Å². The first-order valence-corrected chi connectivity index (χ1v) is 3.72. The fraction of sp³-hybridized carbons (Fsp3) is 0.125. The van der Waals surface area contributed by atoms with Crippen molar-refractivity contribution in [2.45, 2.75) is 0 Å². The van der Waals surface area contributed by atoms with Gasteiger partial charge < -0.3 is 20.9 Å². The molecule has 0 bridgehead atoms. The Morgan fingerprint density at radius 2 is 2.31 bits per heavy atom. The van der Waals surface area contributed by atoms with Crippen molar-refractivity contribution in [2.75, 3.05) is 17.7 Å². The summed E-state index contributed by atoms with van der Waals surface area (Å²) in [4.78, 5) is 10.9. The van der Waals surface area contributed by atoms with E-state index in [1.807, 2.05) is 0 Å². The summed E-state index contributed by atoms with van der Waals surface area (Å²) in [6, 6.07) is 2.93. The fourth-order valence-corrected chi connectivity index (χ4v) is 1.18. The number of benzene rings is 1. The zero-order valence-corrected chi connectivity index (χ0v) is 6.70. The molecule has 1 aromatic carbocycles. The molecule has 5 nitrogen and oxygen atoms in total. The maximum Gasteiger partial charge on any atom is 0.262 e. The van der Waals surface area contributed by atoms with Crippen molar-refractivity contribution in [3.8, 4) is 11.5 Å². The lowest BCUT2D eigenvalue weighted by molar-refractivity contribution is -0.118. The molecule has 1 aromatic rings. The highest BCUT2D eigenvalue weighted by Crippen LogP contribution is 2.40. The Hall–Kier alpha value is -1.91. The summed E-state index contributed by atoms with van der Waals surface area (Å²) < 4.78 is 5.05. The van der Waals surface area contributed by atoms with Crippen LogP contribution in [0.4, 0.5) is 11.4 Å². The van der Waals surface area contributed by atoms with Crippen LogP contribution in [0.3, 0.4) is 0 Å². The van der Waals surface area contributed by atoms with Crippen LogP contribution in [-0.2, 0) is 4.79 Å². The molecule has 1 aliphatic heterocycles. The Kier molecular flexibility index (Phi) is 1.51. The van der Waals surface area contributed by atoms with Crippen LogP contribution >= 0.6 is 0 Å². The number of hydrogen-bond acceptors (Lipinski definition) is 4. The van der Waals surface area contributed by atoms with Crippen molar-refractivity contribution in [1.29, 1.82) is 0 Å². The molecule has 1 aliphatic rings. The van der Waals surface area contributed by atoms with Crippen LogP contribution in [0.5, 0.6) is 11.5 Å². The summed E-state index contributed by atoms with van der Waals surface area (Å²) in [6.45, 7) is -0.0688. The van der Waals surface area contributed by atoms with Crippen LogP contribution in [0, 0.1) is 0 Å². The molecule has 0 unspecified atom stereocenters. The van der Waals surface area contributed by atoms with E-state index in [-0.39, 0.29) is 24.0 Å². The van der Waals surface area contributed by atoms with Gasteiger partial charge in [0.2, 0.25) is 0 Å². The molecule has 0 fully saturated rings. The van der Waals surface area contributed by atoms with Crippen molar-refractivity contribution in [2.24, 2.45) is 0 Å². The number of carbonyl (C=O) groups excluding carboxylic acids is 1. The number of phenols is 1. The van der Waals surface area contributed by atoms with Gasteiger partial charge >= 0.3 is 0 Å². The van der Waals surface area contributed by atoms with Gasteiger partial charge in [0.05, 0.1) is 5.69 Å². The van der Waals surface area contributed by atoms with Crippen molar-refractivity contribution >= 4 is 17.3 Å². The molecule has 1 amide bonds. The zero-order valence-electron chi connectivity index (χ0n) is 6.70. The lowest BCUT2D eigenvalue weighted by Gasteiger charge is -2.19. The Morgan fingerprint density at radius 3 is 3.08 bits per heavy atom. The van der Waals surface area contributed by atoms with E-state index in [4.69, 9.17) is 10.5 Å². The molecule has 1 heterocycles. The molecule has 0 aliphatic carbocycles. The summed E-state index contributed by atoms with van der Waals surface area (Å²) >= 11 is 0. The molecule has 0 saturated carbocycles. The number of hydrogen-bond donors (Lipinski definition) is 3. The topological polar surface area (TPSA) is 84.6 Å².